The molecular weight excluding hydrogens is 276 g/mol. The van der Waals surface area contributed by atoms with Crippen LogP contribution >= 0.6 is 11.8 Å². The van der Waals surface area contributed by atoms with Crippen molar-refractivity contribution in [1.29, 1.82) is 0 Å². The van der Waals surface area contributed by atoms with Crippen LogP contribution < -0.4 is 0 Å². The van der Waals surface area contributed by atoms with Gasteiger partial charge in [-0.1, -0.05) is 6.92 Å². The maximum atomic E-state index is 3.74. The summed E-state index contributed by atoms with van der Waals surface area (Å²) in [5, 5.41) is 0.741. The van der Waals surface area contributed by atoms with Gasteiger partial charge in [0.2, 0.25) is 0 Å². The van der Waals surface area contributed by atoms with Crippen LogP contribution in [-0.2, 0) is 21.1 Å². The molecule has 0 saturated carbocycles. The van der Waals surface area contributed by atoms with Crippen molar-refractivity contribution in [2.24, 2.45) is 0 Å². The van der Waals surface area contributed by atoms with Gasteiger partial charge in [0.05, 0.1) is 0 Å². The van der Waals surface area contributed by atoms with Crippen molar-refractivity contribution < 1.29 is 21.1 Å². The summed E-state index contributed by atoms with van der Waals surface area (Å²) in [5.74, 6) is 0. The van der Waals surface area contributed by atoms with Gasteiger partial charge in [0, 0.05) is 21.1 Å². The van der Waals surface area contributed by atoms with Gasteiger partial charge in [0.15, 0.2) is 0 Å². The summed E-state index contributed by atoms with van der Waals surface area (Å²) < 4.78 is 0. The Morgan fingerprint density at radius 2 is 2.14 bits per heavy atom. The van der Waals surface area contributed by atoms with E-state index < -0.39 is 0 Å². The molecule has 0 N–H and O–H groups in total. The first-order valence-corrected chi connectivity index (χ1v) is 3.42. The Labute approximate surface area is 64.7 Å². The molecule has 0 aromatic heterocycles. The summed E-state index contributed by atoms with van der Waals surface area (Å²) in [6, 6.07) is 0. The van der Waals surface area contributed by atoms with E-state index >= 15 is 0 Å². The predicted molar refractivity (Wildman–Crippen MR) is 33.0 cm³/mol. The zero-order valence-corrected chi connectivity index (χ0v) is 8.56. The van der Waals surface area contributed by atoms with Crippen LogP contribution in [0.4, 0.5) is 0 Å². The smallest absolute Gasteiger partial charge is 0 e. The van der Waals surface area contributed by atoms with Crippen molar-refractivity contribution in [2.45, 2.75) is 18.6 Å². The second kappa shape index (κ2) is 7.04. The number of hydrogen-bond acceptors (Lipinski definition) is 1. The summed E-state index contributed by atoms with van der Waals surface area (Å²) in [4.78, 5) is 0. The first kappa shape index (κ1) is 10.9. The van der Waals surface area contributed by atoms with E-state index in [1.54, 1.807) is 0 Å². The second-order valence-electron chi connectivity index (χ2n) is 1.33. The quantitative estimate of drug-likeness (QED) is 0.700. The summed E-state index contributed by atoms with van der Waals surface area (Å²) in [6.45, 7) is 5.91. The standard InChI is InChI=1S/C5H11S.W/c1-4-5(2)6-3;/h5H,1,4H2,2-3H3;/q-1;. The third-order valence-electron chi connectivity index (χ3n) is 0.809. The molecule has 0 radical (unpaired) electrons. The van der Waals surface area contributed by atoms with E-state index in [0.29, 0.717) is 0 Å². The third kappa shape index (κ3) is 7.04. The largest absolute Gasteiger partial charge is 0.342 e. The number of thioether (sulfide) groups is 1. The molecule has 0 spiro atoms. The van der Waals surface area contributed by atoms with Crippen molar-refractivity contribution in [3.8, 4) is 0 Å². The molecule has 2 heteroatoms. The molecule has 7 heavy (non-hydrogen) atoms. The molecule has 1 unspecified atom stereocenters. The third-order valence-corrected chi connectivity index (χ3v) is 1.85. The summed E-state index contributed by atoms with van der Waals surface area (Å²) in [7, 11) is 0. The molecule has 0 amide bonds. The molecule has 0 rings (SSSR count). The minimum Gasteiger partial charge on any atom is -0.342 e. The number of rotatable bonds is 2. The summed E-state index contributed by atoms with van der Waals surface area (Å²) >= 11 is 1.86. The minimum absolute atomic E-state index is 0. The molecule has 0 fully saturated rings. The SMILES string of the molecule is [CH2-]CC(C)SC.[W]. The van der Waals surface area contributed by atoms with Gasteiger partial charge in [-0.3, -0.25) is 0 Å². The van der Waals surface area contributed by atoms with Crippen LogP contribution in [0.1, 0.15) is 13.3 Å². The Kier molecular flexibility index (Phi) is 11.0. The van der Waals surface area contributed by atoms with E-state index in [2.05, 4.69) is 20.1 Å². The van der Waals surface area contributed by atoms with Crippen LogP contribution in [0.5, 0.6) is 0 Å². The predicted octanol–water partition coefficient (Wildman–Crippen LogP) is 1.96. The molecule has 44 valence electrons. The maximum Gasteiger partial charge on any atom is 0 e. The van der Waals surface area contributed by atoms with Crippen LogP contribution in [0, 0.1) is 6.92 Å². The van der Waals surface area contributed by atoms with Gasteiger partial charge < -0.3 is 6.92 Å². The van der Waals surface area contributed by atoms with Crippen molar-refractivity contribution >= 4 is 11.8 Å². The molecule has 0 saturated heterocycles. The normalized spacial score (nSPS) is 12.4. The molecule has 0 aromatic rings. The Balaban J connectivity index is 0. The van der Waals surface area contributed by atoms with Gasteiger partial charge in [-0.15, -0.1) is 0 Å². The van der Waals surface area contributed by atoms with E-state index in [1.807, 2.05) is 11.8 Å². The molecule has 0 aliphatic carbocycles. The molecule has 0 nitrogen and oxygen atoms in total. The number of hydrogen-bond donors (Lipinski definition) is 0. The van der Waals surface area contributed by atoms with Gasteiger partial charge in [0.25, 0.3) is 0 Å². The van der Waals surface area contributed by atoms with Crippen LogP contribution in [0.2, 0.25) is 0 Å². The fourth-order valence-electron chi connectivity index (χ4n) is 0.118. The van der Waals surface area contributed by atoms with Crippen LogP contribution in [0.25, 0.3) is 0 Å². The zero-order valence-electron chi connectivity index (χ0n) is 4.81. The average molecular weight is 287 g/mol. The molecule has 1 atom stereocenters. The van der Waals surface area contributed by atoms with Crippen LogP contribution in [-0.4, -0.2) is 11.5 Å². The fraction of sp³-hybridized carbons (Fsp3) is 0.800. The Hall–Kier alpha value is 1.04. The molecular formula is C5H11SW-. The van der Waals surface area contributed by atoms with Crippen LogP contribution in [0.3, 0.4) is 0 Å². The van der Waals surface area contributed by atoms with E-state index in [9.17, 15) is 0 Å². The minimum atomic E-state index is 0. The van der Waals surface area contributed by atoms with Crippen molar-refractivity contribution in [1.82, 2.24) is 0 Å². The Morgan fingerprint density at radius 3 is 2.14 bits per heavy atom. The second-order valence-corrected chi connectivity index (χ2v) is 2.61. The Morgan fingerprint density at radius 1 is 1.71 bits per heavy atom. The fourth-order valence-corrected chi connectivity index (χ4v) is 0.354. The first-order valence-electron chi connectivity index (χ1n) is 2.13. The Bertz CT molecular complexity index is 27.3. The van der Waals surface area contributed by atoms with Gasteiger partial charge in [0.1, 0.15) is 0 Å². The van der Waals surface area contributed by atoms with E-state index in [1.165, 1.54) is 0 Å². The monoisotopic (exact) mass is 287 g/mol. The van der Waals surface area contributed by atoms with Crippen molar-refractivity contribution in [3.63, 3.8) is 0 Å². The van der Waals surface area contributed by atoms with E-state index in [-0.39, 0.29) is 21.1 Å². The van der Waals surface area contributed by atoms with Crippen molar-refractivity contribution in [3.05, 3.63) is 6.92 Å². The maximum absolute atomic E-state index is 3.74. The molecule has 0 bridgehead atoms. The molecule has 0 aromatic carbocycles. The average Bonchev–Trinajstić information content (AvgIpc) is 1.65. The van der Waals surface area contributed by atoms with E-state index in [0.717, 1.165) is 11.7 Å². The van der Waals surface area contributed by atoms with Gasteiger partial charge in [-0.25, -0.2) is 0 Å². The summed E-state index contributed by atoms with van der Waals surface area (Å²) in [6.07, 6.45) is 3.15. The molecule has 0 aliphatic rings. The van der Waals surface area contributed by atoms with Gasteiger partial charge in [-0.2, -0.15) is 18.2 Å². The molecule has 0 aliphatic heterocycles. The topological polar surface area (TPSA) is 0 Å². The first-order chi connectivity index (χ1) is 2.81. The zero-order chi connectivity index (χ0) is 4.99. The van der Waals surface area contributed by atoms with E-state index in [4.69, 9.17) is 0 Å². The van der Waals surface area contributed by atoms with Gasteiger partial charge >= 0.3 is 0 Å². The van der Waals surface area contributed by atoms with Gasteiger partial charge in [-0.05, 0) is 11.5 Å². The summed E-state index contributed by atoms with van der Waals surface area (Å²) in [5.41, 5.74) is 0. The molecule has 0 heterocycles. The van der Waals surface area contributed by atoms with Crippen molar-refractivity contribution in [2.75, 3.05) is 6.26 Å². The van der Waals surface area contributed by atoms with Crippen LogP contribution in [0.15, 0.2) is 0 Å².